The number of ether oxygens (including phenoxy) is 1. The van der Waals surface area contributed by atoms with Crippen LogP contribution in [0.1, 0.15) is 5.56 Å². The molecule has 0 aliphatic heterocycles. The maximum atomic E-state index is 12.1. The highest BCUT2D eigenvalue weighted by atomic mass is 19.4. The first-order valence-electron chi connectivity index (χ1n) is 7.43. The first-order chi connectivity index (χ1) is 12.2. The molecule has 0 radical (unpaired) electrons. The average molecular weight is 368 g/mol. The van der Waals surface area contributed by atoms with Gasteiger partial charge in [0.1, 0.15) is 11.8 Å². The van der Waals surface area contributed by atoms with Gasteiger partial charge in [-0.25, -0.2) is 9.59 Å². The van der Waals surface area contributed by atoms with E-state index in [9.17, 15) is 27.9 Å². The molecule has 9 heteroatoms. The molecule has 0 bridgehead atoms. The molecule has 3 N–H and O–H groups in total. The number of carboxylic acid groups (broad SMARTS) is 1. The number of anilines is 1. The fraction of sp³-hybridized carbons (Fsp3) is 0.176. The third-order valence-corrected chi connectivity index (χ3v) is 3.23. The molecule has 2 amide bonds. The lowest BCUT2D eigenvalue weighted by Crippen LogP contribution is -2.44. The molecule has 138 valence electrons. The predicted octanol–water partition coefficient (Wildman–Crippen LogP) is 3.40. The summed E-state index contributed by atoms with van der Waals surface area (Å²) in [5.41, 5.74) is 0.912. The van der Waals surface area contributed by atoms with Crippen LogP contribution in [-0.2, 0) is 11.2 Å². The summed E-state index contributed by atoms with van der Waals surface area (Å²) in [6.45, 7) is 0. The summed E-state index contributed by atoms with van der Waals surface area (Å²) in [6, 6.07) is 11.3. The number of carbonyl (C=O) groups excluding carboxylic acids is 1. The minimum Gasteiger partial charge on any atom is -0.480 e. The predicted molar refractivity (Wildman–Crippen MR) is 86.8 cm³/mol. The van der Waals surface area contributed by atoms with Gasteiger partial charge in [-0.05, 0) is 29.8 Å². The van der Waals surface area contributed by atoms with E-state index in [2.05, 4.69) is 15.4 Å². The Morgan fingerprint density at radius 2 is 1.65 bits per heavy atom. The topological polar surface area (TPSA) is 87.7 Å². The number of carboxylic acids is 1. The Kier molecular flexibility index (Phi) is 6.05. The maximum Gasteiger partial charge on any atom is 0.573 e. The van der Waals surface area contributed by atoms with Crippen molar-refractivity contribution in [3.63, 3.8) is 0 Å². The summed E-state index contributed by atoms with van der Waals surface area (Å²) in [5, 5.41) is 13.9. The Labute approximate surface area is 146 Å². The monoisotopic (exact) mass is 368 g/mol. The number of hydrogen-bond acceptors (Lipinski definition) is 3. The van der Waals surface area contributed by atoms with Gasteiger partial charge in [-0.3, -0.25) is 0 Å². The zero-order valence-electron chi connectivity index (χ0n) is 13.3. The van der Waals surface area contributed by atoms with E-state index in [1.165, 1.54) is 12.1 Å². The van der Waals surface area contributed by atoms with E-state index in [1.54, 1.807) is 30.3 Å². The third-order valence-electron chi connectivity index (χ3n) is 3.23. The summed E-state index contributed by atoms with van der Waals surface area (Å²) < 4.78 is 40.0. The van der Waals surface area contributed by atoms with Gasteiger partial charge < -0.3 is 20.5 Å². The average Bonchev–Trinajstić information content (AvgIpc) is 2.55. The van der Waals surface area contributed by atoms with Crippen LogP contribution >= 0.6 is 0 Å². The molecule has 2 aromatic carbocycles. The van der Waals surface area contributed by atoms with Crippen LogP contribution < -0.4 is 15.4 Å². The molecule has 6 nitrogen and oxygen atoms in total. The number of alkyl halides is 3. The van der Waals surface area contributed by atoms with Crippen LogP contribution in [0.4, 0.5) is 23.7 Å². The van der Waals surface area contributed by atoms with Gasteiger partial charge in [-0.1, -0.05) is 30.3 Å². The number of carbonyl (C=O) groups is 2. The molecule has 0 aliphatic rings. The maximum absolute atomic E-state index is 12.1. The van der Waals surface area contributed by atoms with E-state index in [0.717, 1.165) is 17.7 Å². The van der Waals surface area contributed by atoms with Crippen molar-refractivity contribution in [1.82, 2.24) is 5.32 Å². The number of nitrogens with one attached hydrogen (secondary N) is 2. The normalized spacial score (nSPS) is 12.1. The van der Waals surface area contributed by atoms with Crippen molar-refractivity contribution in [2.24, 2.45) is 0 Å². The minimum absolute atomic E-state index is 0.0853. The second-order valence-electron chi connectivity index (χ2n) is 5.25. The molecule has 26 heavy (non-hydrogen) atoms. The molecule has 0 spiro atoms. The van der Waals surface area contributed by atoms with Gasteiger partial charge in [0.15, 0.2) is 0 Å². The van der Waals surface area contributed by atoms with Crippen LogP contribution in [0.5, 0.6) is 5.75 Å². The fourth-order valence-electron chi connectivity index (χ4n) is 2.12. The van der Waals surface area contributed by atoms with Crippen molar-refractivity contribution >= 4 is 17.7 Å². The summed E-state index contributed by atoms with van der Waals surface area (Å²) in [4.78, 5) is 23.2. The lowest BCUT2D eigenvalue weighted by atomic mass is 10.1. The smallest absolute Gasteiger partial charge is 0.480 e. The number of hydrogen-bond donors (Lipinski definition) is 3. The first kappa shape index (κ1) is 19.1. The Morgan fingerprint density at radius 1 is 1.04 bits per heavy atom. The zero-order valence-corrected chi connectivity index (χ0v) is 13.3. The summed E-state index contributed by atoms with van der Waals surface area (Å²) in [5.74, 6) is -1.64. The van der Waals surface area contributed by atoms with Crippen LogP contribution in [0.3, 0.4) is 0 Å². The summed E-state index contributed by atoms with van der Waals surface area (Å²) >= 11 is 0. The van der Waals surface area contributed by atoms with E-state index in [1.807, 2.05) is 0 Å². The van der Waals surface area contributed by atoms with Crippen molar-refractivity contribution in [1.29, 1.82) is 0 Å². The molecule has 1 atom stereocenters. The van der Waals surface area contributed by atoms with Gasteiger partial charge in [-0.15, -0.1) is 13.2 Å². The molecule has 1 unspecified atom stereocenters. The van der Waals surface area contributed by atoms with E-state index in [4.69, 9.17) is 0 Å². The molecule has 0 aliphatic carbocycles. The van der Waals surface area contributed by atoms with Crippen molar-refractivity contribution in [2.75, 3.05) is 5.32 Å². The molecule has 0 saturated heterocycles. The SMILES string of the molecule is O=C(Nc1ccc(OC(F)(F)F)cc1)NC(Cc1ccccc1)C(=O)O. The molecule has 2 rings (SSSR count). The lowest BCUT2D eigenvalue weighted by Gasteiger charge is -2.15. The Morgan fingerprint density at radius 3 is 2.19 bits per heavy atom. The molecule has 0 aromatic heterocycles. The number of amides is 2. The second-order valence-corrected chi connectivity index (χ2v) is 5.25. The van der Waals surface area contributed by atoms with Crippen molar-refractivity contribution in [3.05, 3.63) is 60.2 Å². The zero-order chi connectivity index (χ0) is 19.2. The quantitative estimate of drug-likeness (QED) is 0.729. The van der Waals surface area contributed by atoms with Crippen molar-refractivity contribution in [3.8, 4) is 5.75 Å². The van der Waals surface area contributed by atoms with Crippen LogP contribution in [0.25, 0.3) is 0 Å². The summed E-state index contributed by atoms with van der Waals surface area (Å²) in [6.07, 6.45) is -4.72. The van der Waals surface area contributed by atoms with Crippen molar-refractivity contribution in [2.45, 2.75) is 18.8 Å². The standard InChI is InChI=1S/C17H15F3N2O4/c18-17(19,20)26-13-8-6-12(7-9-13)21-16(25)22-14(15(23)24)10-11-4-2-1-3-5-11/h1-9,14H,10H2,(H,23,24)(H2,21,22,25). The Balaban J connectivity index is 1.94. The van der Waals surface area contributed by atoms with Crippen LogP contribution in [0.2, 0.25) is 0 Å². The van der Waals surface area contributed by atoms with Crippen LogP contribution in [0, 0.1) is 0 Å². The van der Waals surface area contributed by atoms with Gasteiger partial charge in [0.2, 0.25) is 0 Å². The second kappa shape index (κ2) is 8.24. The van der Waals surface area contributed by atoms with E-state index in [0.29, 0.717) is 0 Å². The van der Waals surface area contributed by atoms with Gasteiger partial charge in [0, 0.05) is 12.1 Å². The number of rotatable bonds is 6. The van der Waals surface area contributed by atoms with Crippen LogP contribution in [0.15, 0.2) is 54.6 Å². The van der Waals surface area contributed by atoms with E-state index < -0.39 is 30.2 Å². The Bertz CT molecular complexity index is 749. The van der Waals surface area contributed by atoms with E-state index >= 15 is 0 Å². The minimum atomic E-state index is -4.81. The van der Waals surface area contributed by atoms with Gasteiger partial charge >= 0.3 is 18.4 Å². The number of aliphatic carboxylic acids is 1. The van der Waals surface area contributed by atoms with Gasteiger partial charge in [0.25, 0.3) is 0 Å². The summed E-state index contributed by atoms with van der Waals surface area (Å²) in [7, 11) is 0. The lowest BCUT2D eigenvalue weighted by molar-refractivity contribution is -0.274. The highest BCUT2D eigenvalue weighted by molar-refractivity contribution is 5.92. The first-order valence-corrected chi connectivity index (χ1v) is 7.43. The number of halogens is 3. The highest BCUT2D eigenvalue weighted by Crippen LogP contribution is 2.23. The Hall–Kier alpha value is -3.23. The molecular weight excluding hydrogens is 353 g/mol. The highest BCUT2D eigenvalue weighted by Gasteiger charge is 2.31. The molecule has 0 fully saturated rings. The molecule has 0 saturated carbocycles. The van der Waals surface area contributed by atoms with Gasteiger partial charge in [-0.2, -0.15) is 0 Å². The van der Waals surface area contributed by atoms with Gasteiger partial charge in [0.05, 0.1) is 0 Å². The van der Waals surface area contributed by atoms with E-state index in [-0.39, 0.29) is 12.1 Å². The third kappa shape index (κ3) is 6.34. The number of benzene rings is 2. The number of urea groups is 1. The molecule has 2 aromatic rings. The largest absolute Gasteiger partial charge is 0.573 e. The fourth-order valence-corrected chi connectivity index (χ4v) is 2.12. The van der Waals surface area contributed by atoms with Crippen LogP contribution in [-0.4, -0.2) is 29.5 Å². The molecular formula is C17H15F3N2O4. The van der Waals surface area contributed by atoms with Crippen molar-refractivity contribution < 1.29 is 32.6 Å². The molecule has 0 heterocycles.